The van der Waals surface area contributed by atoms with Crippen LogP contribution in [0.2, 0.25) is 5.02 Å². The van der Waals surface area contributed by atoms with E-state index in [4.69, 9.17) is 21.2 Å². The van der Waals surface area contributed by atoms with Crippen molar-refractivity contribution in [3.05, 3.63) is 34.9 Å². The summed E-state index contributed by atoms with van der Waals surface area (Å²) in [5.74, 6) is -0.537. The molecule has 0 spiro atoms. The molecule has 0 saturated heterocycles. The van der Waals surface area contributed by atoms with Gasteiger partial charge in [0.1, 0.15) is 7.11 Å². The number of carbonyl (C=O) groups is 1. The first-order chi connectivity index (χ1) is 9.70. The van der Waals surface area contributed by atoms with Crippen molar-refractivity contribution in [3.63, 3.8) is 0 Å². The monoisotopic (exact) mass is 296 g/mol. The normalized spacial score (nSPS) is 11.2. The van der Waals surface area contributed by atoms with Gasteiger partial charge in [0.25, 0.3) is 0 Å². The van der Waals surface area contributed by atoms with Crippen LogP contribution in [0.15, 0.2) is 23.4 Å². The van der Waals surface area contributed by atoms with Crippen LogP contribution >= 0.6 is 11.6 Å². The third kappa shape index (κ3) is 5.21. The van der Waals surface area contributed by atoms with Crippen LogP contribution in [0.1, 0.15) is 38.2 Å². The van der Waals surface area contributed by atoms with E-state index in [1.165, 1.54) is 7.11 Å². The Hall–Kier alpha value is -1.55. The van der Waals surface area contributed by atoms with Gasteiger partial charge in [-0.2, -0.15) is 0 Å². The first kappa shape index (κ1) is 16.5. The Balaban J connectivity index is 2.65. The van der Waals surface area contributed by atoms with E-state index in [9.17, 15) is 4.79 Å². The fraction of sp³-hybridized carbons (Fsp3) is 0.467. The molecule has 0 saturated carbocycles. The molecule has 0 fully saturated rings. The molecule has 1 aromatic rings. The molecule has 0 heterocycles. The van der Waals surface area contributed by atoms with Gasteiger partial charge in [0.2, 0.25) is 0 Å². The lowest BCUT2D eigenvalue weighted by molar-refractivity contribution is -0.135. The van der Waals surface area contributed by atoms with Crippen LogP contribution in [0.4, 0.5) is 0 Å². The number of unbranched alkanes of at least 4 members (excludes halogenated alkanes) is 3. The van der Waals surface area contributed by atoms with E-state index >= 15 is 0 Å². The molecule has 0 N–H and O–H groups in total. The van der Waals surface area contributed by atoms with Gasteiger partial charge in [-0.05, 0) is 24.6 Å². The van der Waals surface area contributed by atoms with Gasteiger partial charge in [-0.1, -0.05) is 49.0 Å². The van der Waals surface area contributed by atoms with Crippen molar-refractivity contribution in [2.75, 3.05) is 13.7 Å². The topological polar surface area (TPSA) is 47.9 Å². The second kappa shape index (κ2) is 9.37. The number of oxime groups is 1. The lowest BCUT2D eigenvalue weighted by atomic mass is 10.1. The van der Waals surface area contributed by atoms with Gasteiger partial charge in [-0.3, -0.25) is 0 Å². The highest BCUT2D eigenvalue weighted by atomic mass is 35.5. The molecule has 5 heteroatoms. The minimum absolute atomic E-state index is 0.0600. The maximum absolute atomic E-state index is 12.0. The van der Waals surface area contributed by atoms with E-state index in [1.54, 1.807) is 18.2 Å². The predicted octanol–water partition coefficient (Wildman–Crippen LogP) is 3.61. The van der Waals surface area contributed by atoms with Crippen LogP contribution in [0.5, 0.6) is 0 Å². The van der Waals surface area contributed by atoms with Gasteiger partial charge < -0.3 is 9.57 Å². The van der Waals surface area contributed by atoms with Crippen LogP contribution in [0, 0.1) is 6.07 Å². The van der Waals surface area contributed by atoms with Crippen molar-refractivity contribution >= 4 is 23.3 Å². The third-order valence-electron chi connectivity index (χ3n) is 2.67. The number of ether oxygens (including phenoxy) is 1. The van der Waals surface area contributed by atoms with Gasteiger partial charge in [0.15, 0.2) is 5.71 Å². The second-order valence-corrected chi connectivity index (χ2v) is 4.63. The van der Waals surface area contributed by atoms with Crippen molar-refractivity contribution in [1.82, 2.24) is 0 Å². The molecule has 0 bridgehead atoms. The van der Waals surface area contributed by atoms with Crippen LogP contribution in [-0.2, 0) is 14.4 Å². The molecule has 0 aliphatic heterocycles. The highest BCUT2D eigenvalue weighted by molar-refractivity contribution is 6.47. The SMILES string of the molecule is CCCCCCOC(=O)C(=NOC)c1c[c]ccc1Cl. The molecule has 0 aromatic heterocycles. The molecule has 1 radical (unpaired) electrons. The number of benzene rings is 1. The summed E-state index contributed by atoms with van der Waals surface area (Å²) in [5, 5.41) is 4.11. The second-order valence-electron chi connectivity index (χ2n) is 4.22. The molecular weight excluding hydrogens is 278 g/mol. The summed E-state index contributed by atoms with van der Waals surface area (Å²) < 4.78 is 5.19. The Morgan fingerprint density at radius 1 is 1.40 bits per heavy atom. The third-order valence-corrected chi connectivity index (χ3v) is 3.00. The standard InChI is InChI=1S/C15H19ClNO3/c1-3-4-5-8-11-20-15(18)14(17-19-2)12-9-6-7-10-13(12)16/h7,9-10H,3-5,8,11H2,1-2H3. The Kier molecular flexibility index (Phi) is 7.73. The van der Waals surface area contributed by atoms with E-state index in [1.807, 2.05) is 0 Å². The number of esters is 1. The number of hydrogen-bond acceptors (Lipinski definition) is 4. The summed E-state index contributed by atoms with van der Waals surface area (Å²) in [7, 11) is 1.37. The summed E-state index contributed by atoms with van der Waals surface area (Å²) in [4.78, 5) is 16.7. The quantitative estimate of drug-likeness (QED) is 0.319. The van der Waals surface area contributed by atoms with Gasteiger partial charge in [-0.15, -0.1) is 0 Å². The maximum Gasteiger partial charge on any atom is 0.361 e. The summed E-state index contributed by atoms with van der Waals surface area (Å²) >= 11 is 6.04. The van der Waals surface area contributed by atoms with Crippen molar-refractivity contribution in [2.45, 2.75) is 32.6 Å². The summed E-state index contributed by atoms with van der Waals surface area (Å²) in [6.07, 6.45) is 4.16. The van der Waals surface area contributed by atoms with Crippen LogP contribution in [0.25, 0.3) is 0 Å². The molecule has 0 aliphatic rings. The highest BCUT2D eigenvalue weighted by Gasteiger charge is 2.19. The largest absolute Gasteiger partial charge is 0.461 e. The summed E-state index contributed by atoms with van der Waals surface area (Å²) in [6, 6.07) is 7.73. The minimum atomic E-state index is -0.537. The number of carbonyl (C=O) groups excluding carboxylic acids is 1. The van der Waals surface area contributed by atoms with Crippen LogP contribution < -0.4 is 0 Å². The average Bonchev–Trinajstić information content (AvgIpc) is 2.45. The molecule has 1 rings (SSSR count). The number of nitrogens with zero attached hydrogens (tertiary/aromatic N) is 1. The van der Waals surface area contributed by atoms with Gasteiger partial charge in [0, 0.05) is 5.56 Å². The number of halogens is 1. The summed E-state index contributed by atoms with van der Waals surface area (Å²) in [5.41, 5.74) is 0.513. The van der Waals surface area contributed by atoms with E-state index in [2.05, 4.69) is 18.1 Å². The predicted molar refractivity (Wildman–Crippen MR) is 78.9 cm³/mol. The zero-order chi connectivity index (χ0) is 14.8. The average molecular weight is 297 g/mol. The van der Waals surface area contributed by atoms with E-state index in [-0.39, 0.29) is 5.71 Å². The molecule has 0 amide bonds. The zero-order valence-electron chi connectivity index (χ0n) is 11.8. The molecule has 20 heavy (non-hydrogen) atoms. The first-order valence-corrected chi connectivity index (χ1v) is 7.02. The maximum atomic E-state index is 12.0. The zero-order valence-corrected chi connectivity index (χ0v) is 12.6. The van der Waals surface area contributed by atoms with E-state index < -0.39 is 5.97 Å². The fourth-order valence-electron chi connectivity index (χ4n) is 1.64. The first-order valence-electron chi connectivity index (χ1n) is 6.65. The molecular formula is C15H19ClNO3. The lowest BCUT2D eigenvalue weighted by Gasteiger charge is -2.08. The number of hydrogen-bond donors (Lipinski definition) is 0. The Morgan fingerprint density at radius 2 is 2.20 bits per heavy atom. The lowest BCUT2D eigenvalue weighted by Crippen LogP contribution is -2.20. The Bertz CT molecular complexity index is 460. The van der Waals surface area contributed by atoms with Crippen molar-refractivity contribution in [1.29, 1.82) is 0 Å². The fourth-order valence-corrected chi connectivity index (χ4v) is 1.85. The number of rotatable bonds is 8. The highest BCUT2D eigenvalue weighted by Crippen LogP contribution is 2.16. The smallest absolute Gasteiger partial charge is 0.361 e. The molecule has 0 unspecified atom stereocenters. The molecule has 1 aromatic carbocycles. The molecule has 109 valence electrons. The van der Waals surface area contributed by atoms with Crippen LogP contribution in [0.3, 0.4) is 0 Å². The Morgan fingerprint density at radius 3 is 2.85 bits per heavy atom. The van der Waals surface area contributed by atoms with E-state index in [0.29, 0.717) is 17.2 Å². The van der Waals surface area contributed by atoms with Gasteiger partial charge in [0.05, 0.1) is 11.6 Å². The minimum Gasteiger partial charge on any atom is -0.461 e. The molecule has 0 atom stereocenters. The van der Waals surface area contributed by atoms with E-state index in [0.717, 1.165) is 25.7 Å². The van der Waals surface area contributed by atoms with Gasteiger partial charge in [-0.25, -0.2) is 4.79 Å². The molecule has 0 aliphatic carbocycles. The van der Waals surface area contributed by atoms with Gasteiger partial charge >= 0.3 is 5.97 Å². The van der Waals surface area contributed by atoms with Crippen molar-refractivity contribution in [3.8, 4) is 0 Å². The Labute approximate surface area is 124 Å². The van der Waals surface area contributed by atoms with Crippen LogP contribution in [-0.4, -0.2) is 25.4 Å². The molecule has 4 nitrogen and oxygen atoms in total. The van der Waals surface area contributed by atoms with Crippen molar-refractivity contribution in [2.24, 2.45) is 5.16 Å². The van der Waals surface area contributed by atoms with Crippen molar-refractivity contribution < 1.29 is 14.4 Å². The summed E-state index contributed by atoms with van der Waals surface area (Å²) in [6.45, 7) is 2.50.